The van der Waals surface area contributed by atoms with Crippen molar-refractivity contribution in [1.82, 2.24) is 14.8 Å². The lowest BCUT2D eigenvalue weighted by Crippen LogP contribution is -2.41. The van der Waals surface area contributed by atoms with Gasteiger partial charge in [0.1, 0.15) is 0 Å². The van der Waals surface area contributed by atoms with E-state index in [9.17, 15) is 9.59 Å². The average Bonchev–Trinajstić information content (AvgIpc) is 3.01. The molecule has 0 spiro atoms. The molecule has 1 aliphatic rings. The number of hydrogen-bond donors (Lipinski definition) is 1. The number of carbonyl (C=O) groups excluding carboxylic acids is 1. The highest BCUT2D eigenvalue weighted by atomic mass is 127. The van der Waals surface area contributed by atoms with Crippen LogP contribution in [-0.2, 0) is 16.1 Å². The number of aliphatic imine (C=N–C) groups is 1. The normalized spacial score (nSPS) is 19.6. The molecule has 1 fully saturated rings. The number of nitrogens with zero attached hydrogens (tertiary/aromatic N) is 3. The Bertz CT molecular complexity index is 704. The first-order valence-electron chi connectivity index (χ1n) is 9.17. The summed E-state index contributed by atoms with van der Waals surface area (Å²) >= 11 is 0. The molecule has 1 aromatic rings. The first kappa shape index (κ1) is 23.5. The van der Waals surface area contributed by atoms with Gasteiger partial charge in [0.05, 0.1) is 13.0 Å². The van der Waals surface area contributed by atoms with E-state index in [4.69, 9.17) is 4.74 Å². The predicted octanol–water partition coefficient (Wildman–Crippen LogP) is 1.87. The molecule has 0 aliphatic carbocycles. The Morgan fingerprint density at radius 2 is 2.07 bits per heavy atom. The van der Waals surface area contributed by atoms with Crippen LogP contribution in [0.4, 0.5) is 0 Å². The molecule has 0 radical (unpaired) electrons. The summed E-state index contributed by atoms with van der Waals surface area (Å²) in [5.74, 6) is 0.802. The van der Waals surface area contributed by atoms with Crippen molar-refractivity contribution in [3.05, 3.63) is 34.2 Å². The summed E-state index contributed by atoms with van der Waals surface area (Å²) in [5, 5.41) is 3.36. The number of aryl methyl sites for hydroxylation is 1. The number of pyridine rings is 1. The van der Waals surface area contributed by atoms with E-state index in [-0.39, 0.29) is 47.3 Å². The topological polar surface area (TPSA) is 75.9 Å². The van der Waals surface area contributed by atoms with Crippen LogP contribution in [0.15, 0.2) is 28.0 Å². The van der Waals surface area contributed by atoms with Crippen molar-refractivity contribution < 1.29 is 9.53 Å². The molecular weight excluding hydrogens is 459 g/mol. The number of ether oxygens (including phenoxy) is 1. The van der Waals surface area contributed by atoms with Gasteiger partial charge in [-0.25, -0.2) is 0 Å². The summed E-state index contributed by atoms with van der Waals surface area (Å²) in [6.07, 6.45) is 1.85. The number of guanidine groups is 1. The molecule has 1 N–H and O–H groups in total. The second kappa shape index (κ2) is 11.3. The highest BCUT2D eigenvalue weighted by Gasteiger charge is 2.36. The first-order chi connectivity index (χ1) is 12.5. The molecule has 0 amide bonds. The zero-order valence-corrected chi connectivity index (χ0v) is 18.9. The molecule has 0 aromatic carbocycles. The monoisotopic (exact) mass is 490 g/mol. The fourth-order valence-electron chi connectivity index (χ4n) is 3.44. The van der Waals surface area contributed by atoms with Crippen LogP contribution in [0.1, 0.15) is 25.5 Å². The summed E-state index contributed by atoms with van der Waals surface area (Å²) in [7, 11) is 3.19. The lowest BCUT2D eigenvalue weighted by atomic mass is 9.99. The Balaban J connectivity index is 0.00000364. The number of unbranched alkanes of at least 4 members (excludes halogenated alkanes) is 1. The van der Waals surface area contributed by atoms with Crippen molar-refractivity contribution in [2.75, 3.05) is 33.8 Å². The SMILES string of the molecule is CN=C(NCCCCn1c(C)cccc1=O)N1CC(C)C(C(=O)OC)C1.I. The molecule has 7 nitrogen and oxygen atoms in total. The highest BCUT2D eigenvalue weighted by molar-refractivity contribution is 14.0. The van der Waals surface area contributed by atoms with Crippen molar-refractivity contribution in [3.8, 4) is 0 Å². The quantitative estimate of drug-likeness (QED) is 0.217. The van der Waals surface area contributed by atoms with Gasteiger partial charge < -0.3 is 19.5 Å². The molecule has 1 aromatic heterocycles. The molecule has 2 atom stereocenters. The van der Waals surface area contributed by atoms with Crippen LogP contribution in [0.25, 0.3) is 0 Å². The Labute approximate surface area is 178 Å². The largest absolute Gasteiger partial charge is 0.469 e. The highest BCUT2D eigenvalue weighted by Crippen LogP contribution is 2.24. The van der Waals surface area contributed by atoms with Crippen LogP contribution in [0.2, 0.25) is 0 Å². The zero-order valence-electron chi connectivity index (χ0n) is 16.6. The minimum atomic E-state index is -0.154. The van der Waals surface area contributed by atoms with E-state index in [0.717, 1.165) is 44.1 Å². The van der Waals surface area contributed by atoms with E-state index in [1.165, 1.54) is 7.11 Å². The Morgan fingerprint density at radius 3 is 2.70 bits per heavy atom. The third-order valence-electron chi connectivity index (χ3n) is 4.99. The van der Waals surface area contributed by atoms with Gasteiger partial charge in [-0.2, -0.15) is 0 Å². The van der Waals surface area contributed by atoms with Gasteiger partial charge in [-0.1, -0.05) is 13.0 Å². The van der Waals surface area contributed by atoms with E-state index < -0.39 is 0 Å². The number of aromatic nitrogens is 1. The molecule has 0 bridgehead atoms. The number of methoxy groups -OCH3 is 1. The Morgan fingerprint density at radius 1 is 1.33 bits per heavy atom. The summed E-state index contributed by atoms with van der Waals surface area (Å²) < 4.78 is 6.69. The minimum Gasteiger partial charge on any atom is -0.469 e. The molecule has 0 saturated carbocycles. The first-order valence-corrected chi connectivity index (χ1v) is 9.17. The van der Waals surface area contributed by atoms with E-state index in [0.29, 0.717) is 6.54 Å². The van der Waals surface area contributed by atoms with Crippen LogP contribution in [0, 0.1) is 18.8 Å². The van der Waals surface area contributed by atoms with Crippen molar-refractivity contribution in [2.24, 2.45) is 16.8 Å². The summed E-state index contributed by atoms with van der Waals surface area (Å²) in [6.45, 7) is 6.94. The van der Waals surface area contributed by atoms with Gasteiger partial charge in [-0.3, -0.25) is 14.6 Å². The maximum absolute atomic E-state index is 11.9. The molecule has 152 valence electrons. The lowest BCUT2D eigenvalue weighted by Gasteiger charge is -2.21. The van der Waals surface area contributed by atoms with Crippen molar-refractivity contribution >= 4 is 35.9 Å². The smallest absolute Gasteiger partial charge is 0.310 e. The summed E-state index contributed by atoms with van der Waals surface area (Å²) in [6, 6.07) is 5.34. The molecular formula is C19H31IN4O3. The lowest BCUT2D eigenvalue weighted by molar-refractivity contribution is -0.145. The van der Waals surface area contributed by atoms with E-state index in [1.54, 1.807) is 23.7 Å². The van der Waals surface area contributed by atoms with Gasteiger partial charge in [0.15, 0.2) is 5.96 Å². The molecule has 8 heteroatoms. The van der Waals surface area contributed by atoms with Gasteiger partial charge in [0.2, 0.25) is 0 Å². The van der Waals surface area contributed by atoms with E-state index in [2.05, 4.69) is 22.1 Å². The van der Waals surface area contributed by atoms with Gasteiger partial charge in [-0.15, -0.1) is 24.0 Å². The number of halogens is 1. The second-order valence-corrected chi connectivity index (χ2v) is 6.85. The molecule has 2 unspecified atom stereocenters. The van der Waals surface area contributed by atoms with Crippen LogP contribution in [0.5, 0.6) is 0 Å². The maximum Gasteiger partial charge on any atom is 0.310 e. The standard InChI is InChI=1S/C19H30N4O3.HI/c1-14-12-22(13-16(14)18(25)26-4)19(20-3)21-10-5-6-11-23-15(2)8-7-9-17(23)24;/h7-9,14,16H,5-6,10-13H2,1-4H3,(H,20,21);1H. The zero-order chi connectivity index (χ0) is 19.1. The van der Waals surface area contributed by atoms with E-state index in [1.807, 2.05) is 13.0 Å². The Hall–Kier alpha value is -1.58. The fourth-order valence-corrected chi connectivity index (χ4v) is 3.44. The van der Waals surface area contributed by atoms with Crippen LogP contribution < -0.4 is 10.9 Å². The van der Waals surface area contributed by atoms with Crippen LogP contribution in [-0.4, -0.2) is 55.2 Å². The van der Waals surface area contributed by atoms with Crippen molar-refractivity contribution in [1.29, 1.82) is 0 Å². The Kier molecular flexibility index (Phi) is 9.82. The fraction of sp³-hybridized carbons (Fsp3) is 0.632. The van der Waals surface area contributed by atoms with Crippen molar-refractivity contribution in [3.63, 3.8) is 0 Å². The van der Waals surface area contributed by atoms with Gasteiger partial charge >= 0.3 is 5.97 Å². The molecule has 27 heavy (non-hydrogen) atoms. The van der Waals surface area contributed by atoms with Crippen LogP contribution in [0.3, 0.4) is 0 Å². The third-order valence-corrected chi connectivity index (χ3v) is 4.99. The summed E-state index contributed by atoms with van der Waals surface area (Å²) in [5.41, 5.74) is 1.04. The average molecular weight is 490 g/mol. The van der Waals surface area contributed by atoms with E-state index >= 15 is 0 Å². The van der Waals surface area contributed by atoms with Gasteiger partial charge in [-0.05, 0) is 31.7 Å². The number of hydrogen-bond acceptors (Lipinski definition) is 4. The van der Waals surface area contributed by atoms with Gasteiger partial charge in [0.25, 0.3) is 5.56 Å². The molecule has 2 heterocycles. The number of carbonyl (C=O) groups is 1. The number of rotatable bonds is 6. The third kappa shape index (κ3) is 6.22. The van der Waals surface area contributed by atoms with Crippen molar-refractivity contribution in [2.45, 2.75) is 33.2 Å². The number of nitrogens with one attached hydrogen (secondary N) is 1. The molecule has 1 aliphatic heterocycles. The number of esters is 1. The second-order valence-electron chi connectivity index (χ2n) is 6.85. The minimum absolute atomic E-state index is 0. The summed E-state index contributed by atoms with van der Waals surface area (Å²) in [4.78, 5) is 30.1. The van der Waals surface area contributed by atoms with Crippen LogP contribution >= 0.6 is 24.0 Å². The molecule has 2 rings (SSSR count). The predicted molar refractivity (Wildman–Crippen MR) is 118 cm³/mol. The number of likely N-dealkylation sites (tertiary alicyclic amines) is 1. The van der Waals surface area contributed by atoms with Gasteiger partial charge in [0, 0.05) is 45.0 Å². The maximum atomic E-state index is 11.9. The molecule has 1 saturated heterocycles.